The third-order valence-corrected chi connectivity index (χ3v) is 6.30. The molecular formula is C20H33N5O4S. The Hall–Kier alpha value is -2.23. The average Bonchev–Trinajstić information content (AvgIpc) is 2.86. The number of rotatable bonds is 5. The first kappa shape index (κ1) is 24.0. The highest BCUT2D eigenvalue weighted by molar-refractivity contribution is 7.99. The van der Waals surface area contributed by atoms with Crippen LogP contribution in [0, 0.1) is 13.8 Å². The van der Waals surface area contributed by atoms with Gasteiger partial charge in [-0.15, -0.1) is 0 Å². The van der Waals surface area contributed by atoms with Crippen molar-refractivity contribution in [3.05, 3.63) is 11.4 Å². The lowest BCUT2D eigenvalue weighted by atomic mass is 10.2. The van der Waals surface area contributed by atoms with E-state index in [0.717, 1.165) is 16.5 Å². The first-order chi connectivity index (χ1) is 13.9. The summed E-state index contributed by atoms with van der Waals surface area (Å²) in [5.74, 6) is -0.324. The predicted octanol–water partition coefficient (Wildman–Crippen LogP) is 0.397. The molecule has 1 fully saturated rings. The summed E-state index contributed by atoms with van der Waals surface area (Å²) in [5.41, 5.74) is 1.74. The second kappa shape index (κ2) is 9.72. The molecule has 2 amide bonds. The molecule has 1 aromatic heterocycles. The van der Waals surface area contributed by atoms with Crippen molar-refractivity contribution in [1.82, 2.24) is 14.4 Å². The van der Waals surface area contributed by atoms with Gasteiger partial charge in [-0.2, -0.15) is 0 Å². The topological polar surface area (TPSA) is 94.1 Å². The van der Waals surface area contributed by atoms with E-state index < -0.39 is 5.60 Å². The van der Waals surface area contributed by atoms with Gasteiger partial charge < -0.3 is 19.6 Å². The van der Waals surface area contributed by atoms with Gasteiger partial charge in [-0.3, -0.25) is 9.79 Å². The van der Waals surface area contributed by atoms with Crippen molar-refractivity contribution in [3.8, 4) is 0 Å². The van der Waals surface area contributed by atoms with Crippen molar-refractivity contribution in [1.29, 1.82) is 0 Å². The summed E-state index contributed by atoms with van der Waals surface area (Å²) in [6, 6.07) is 0. The Kier molecular flexibility index (Phi) is 7.79. The van der Waals surface area contributed by atoms with Crippen molar-refractivity contribution >= 4 is 29.7 Å². The molecule has 2 rings (SSSR count). The normalized spacial score (nSPS) is 15.5. The zero-order valence-electron chi connectivity index (χ0n) is 19.0. The third kappa shape index (κ3) is 6.13. The number of ether oxygens (including phenoxy) is 1. The lowest BCUT2D eigenvalue weighted by Crippen LogP contribution is -2.52. The van der Waals surface area contributed by atoms with Crippen molar-refractivity contribution in [2.75, 3.05) is 38.5 Å². The molecule has 168 valence electrons. The van der Waals surface area contributed by atoms with Gasteiger partial charge in [0.2, 0.25) is 5.91 Å². The first-order valence-electron chi connectivity index (χ1n) is 10.0. The van der Waals surface area contributed by atoms with Crippen LogP contribution in [0.4, 0.5) is 4.79 Å². The summed E-state index contributed by atoms with van der Waals surface area (Å²) in [5, 5.41) is 13.1. The molecule has 10 heteroatoms. The van der Waals surface area contributed by atoms with Gasteiger partial charge >= 0.3 is 11.2 Å². The highest BCUT2D eigenvalue weighted by Crippen LogP contribution is 2.17. The summed E-state index contributed by atoms with van der Waals surface area (Å²) >= 11 is 1.41. The summed E-state index contributed by atoms with van der Waals surface area (Å²) in [6.07, 6.45) is -0.370. The van der Waals surface area contributed by atoms with Crippen LogP contribution in [0.1, 0.15) is 32.2 Å². The van der Waals surface area contributed by atoms with Crippen LogP contribution in [0.25, 0.3) is 0 Å². The molecule has 0 radical (unpaired) electrons. The number of amides is 2. The molecule has 1 saturated heterocycles. The minimum Gasteiger partial charge on any atom is -0.861 e. The fourth-order valence-electron chi connectivity index (χ4n) is 3.08. The maximum atomic E-state index is 12.4. The van der Waals surface area contributed by atoms with E-state index in [2.05, 4.69) is 4.99 Å². The van der Waals surface area contributed by atoms with Gasteiger partial charge in [0, 0.05) is 45.8 Å². The van der Waals surface area contributed by atoms with Crippen LogP contribution in [-0.2, 0) is 23.6 Å². The third-order valence-electron chi connectivity index (χ3n) is 5.10. The van der Waals surface area contributed by atoms with Crippen molar-refractivity contribution in [2.24, 2.45) is 19.1 Å². The maximum Gasteiger partial charge on any atom is 0.410 e. The van der Waals surface area contributed by atoms with Gasteiger partial charge in [0.05, 0.1) is 14.1 Å². The molecule has 2 heterocycles. The minimum atomic E-state index is -0.546. The summed E-state index contributed by atoms with van der Waals surface area (Å²) < 4.78 is 9.44. The minimum absolute atomic E-state index is 0.164. The standard InChI is InChI=1S/C20H33N5O4S/c1-14-15(2)23(7)18(22(14)6)30-13-16(26)21-12-17(27)24-8-10-25(11-9-24)19(28)29-20(3,4)5/h8-13H2,1-7H3. The van der Waals surface area contributed by atoms with Gasteiger partial charge in [-0.05, 0) is 38.4 Å². The molecular weight excluding hydrogens is 406 g/mol. The molecule has 9 nitrogen and oxygen atoms in total. The molecule has 0 unspecified atom stereocenters. The molecule has 0 spiro atoms. The second-order valence-electron chi connectivity index (χ2n) is 8.42. The Morgan fingerprint density at radius 2 is 1.73 bits per heavy atom. The fourth-order valence-corrected chi connectivity index (χ4v) is 4.09. The number of imidazole rings is 1. The number of carbonyl (C=O) groups excluding carboxylic acids is 2. The fraction of sp³-hybridized carbons (Fsp3) is 0.700. The Morgan fingerprint density at radius 1 is 1.17 bits per heavy atom. The van der Waals surface area contributed by atoms with Gasteiger partial charge in [-0.25, -0.2) is 13.9 Å². The van der Waals surface area contributed by atoms with E-state index in [1.54, 1.807) is 9.80 Å². The number of piperazine rings is 1. The molecule has 1 aromatic rings. The quantitative estimate of drug-likeness (QED) is 0.286. The molecule has 1 aliphatic heterocycles. The molecule has 1 aliphatic rings. The molecule has 0 atom stereocenters. The number of hydrogen-bond acceptors (Lipinski definition) is 6. The van der Waals surface area contributed by atoms with Crippen LogP contribution in [-0.4, -0.2) is 76.3 Å². The van der Waals surface area contributed by atoms with Crippen molar-refractivity contribution < 1.29 is 24.0 Å². The molecule has 0 bridgehead atoms. The van der Waals surface area contributed by atoms with E-state index in [4.69, 9.17) is 4.74 Å². The Morgan fingerprint density at radius 3 is 2.23 bits per heavy atom. The lowest BCUT2D eigenvalue weighted by molar-refractivity contribution is -0.715. The number of nitrogens with zero attached hydrogens (tertiary/aromatic N) is 5. The molecule has 0 saturated carbocycles. The number of thioether (sulfide) groups is 1. The Labute approximate surface area is 182 Å². The van der Waals surface area contributed by atoms with Crippen LogP contribution < -0.4 is 9.67 Å². The molecule has 0 aliphatic carbocycles. The number of hydrogen-bond donors (Lipinski definition) is 0. The molecule has 0 N–H and O–H groups in total. The van der Waals surface area contributed by atoms with Crippen molar-refractivity contribution in [3.63, 3.8) is 0 Å². The van der Waals surface area contributed by atoms with Crippen LogP contribution in [0.5, 0.6) is 0 Å². The number of carbonyl (C=O) groups is 2. The zero-order valence-corrected chi connectivity index (χ0v) is 19.8. The summed E-state index contributed by atoms with van der Waals surface area (Å²) in [6.45, 7) is 11.0. The van der Waals surface area contributed by atoms with Gasteiger partial charge in [0.25, 0.3) is 0 Å². The van der Waals surface area contributed by atoms with Crippen LogP contribution in [0.15, 0.2) is 10.1 Å². The number of aliphatic imine (C=N–C) groups is 1. The van der Waals surface area contributed by atoms with Gasteiger partial charge in [0.1, 0.15) is 23.5 Å². The monoisotopic (exact) mass is 439 g/mol. The van der Waals surface area contributed by atoms with E-state index in [9.17, 15) is 14.7 Å². The summed E-state index contributed by atoms with van der Waals surface area (Å²) in [7, 11) is 3.93. The smallest absolute Gasteiger partial charge is 0.410 e. The lowest BCUT2D eigenvalue weighted by Gasteiger charge is -2.35. The van der Waals surface area contributed by atoms with E-state index in [1.165, 1.54) is 11.8 Å². The highest BCUT2D eigenvalue weighted by atomic mass is 32.2. The second-order valence-corrected chi connectivity index (χ2v) is 9.36. The van der Waals surface area contributed by atoms with Crippen LogP contribution >= 0.6 is 11.8 Å². The Bertz CT molecular complexity index is 795. The SMILES string of the molecule is Cc1c(C)[n+](C)c(SCC([O-])=NCC(=O)N2CCN(C(=O)OC(C)(C)C)CC2)n1C. The molecule has 0 aromatic carbocycles. The van der Waals surface area contributed by atoms with E-state index in [-0.39, 0.29) is 30.2 Å². The van der Waals surface area contributed by atoms with E-state index >= 15 is 0 Å². The van der Waals surface area contributed by atoms with Gasteiger partial charge in [-0.1, -0.05) is 0 Å². The molecule has 30 heavy (non-hydrogen) atoms. The van der Waals surface area contributed by atoms with E-state index in [1.807, 2.05) is 57.8 Å². The van der Waals surface area contributed by atoms with Crippen LogP contribution in [0.3, 0.4) is 0 Å². The first-order valence-corrected chi connectivity index (χ1v) is 11.0. The Balaban J connectivity index is 1.81. The zero-order chi connectivity index (χ0) is 22.6. The van der Waals surface area contributed by atoms with Gasteiger partial charge in [0.15, 0.2) is 0 Å². The van der Waals surface area contributed by atoms with Crippen LogP contribution in [0.2, 0.25) is 0 Å². The summed E-state index contributed by atoms with van der Waals surface area (Å²) in [4.78, 5) is 31.6. The predicted molar refractivity (Wildman–Crippen MR) is 113 cm³/mol. The number of aromatic nitrogens is 2. The highest BCUT2D eigenvalue weighted by Gasteiger charge is 2.27. The van der Waals surface area contributed by atoms with Crippen molar-refractivity contribution in [2.45, 2.75) is 45.4 Å². The van der Waals surface area contributed by atoms with E-state index in [0.29, 0.717) is 26.2 Å². The maximum absolute atomic E-state index is 12.4. The largest absolute Gasteiger partial charge is 0.861 e. The average molecular weight is 440 g/mol.